The van der Waals surface area contributed by atoms with Gasteiger partial charge in [-0.1, -0.05) is 47.7 Å². The van der Waals surface area contributed by atoms with Gasteiger partial charge in [0.25, 0.3) is 0 Å². The molecule has 0 amide bonds. The molecule has 110 valence electrons. The van der Waals surface area contributed by atoms with Crippen LogP contribution in [0.3, 0.4) is 0 Å². The van der Waals surface area contributed by atoms with Gasteiger partial charge < -0.3 is 4.74 Å². The van der Waals surface area contributed by atoms with Gasteiger partial charge >= 0.3 is 5.97 Å². The Balaban J connectivity index is 2.18. The highest BCUT2D eigenvalue weighted by Crippen LogP contribution is 2.12. The Labute approximate surface area is 131 Å². The number of benzene rings is 2. The number of hydrogen-bond donors (Lipinski definition) is 0. The van der Waals surface area contributed by atoms with Gasteiger partial charge in [0.15, 0.2) is 0 Å². The molecule has 0 N–H and O–H groups in total. The second-order valence-electron chi connectivity index (χ2n) is 4.38. The minimum Gasteiger partial charge on any atom is -0.464 e. The number of carbonyl (C=O) groups excluding carboxylic acids is 1. The van der Waals surface area contributed by atoms with Crippen LogP contribution in [0.2, 0.25) is 0 Å². The zero-order valence-corrected chi connectivity index (χ0v) is 12.7. The van der Waals surface area contributed by atoms with E-state index in [0.717, 1.165) is 11.4 Å². The molecule has 1 heterocycles. The van der Waals surface area contributed by atoms with E-state index in [9.17, 15) is 4.79 Å². The quantitative estimate of drug-likeness (QED) is 0.699. The van der Waals surface area contributed by atoms with Gasteiger partial charge in [-0.2, -0.15) is 0 Å². The standard InChI is InChI=1S/C16H13N3O2S/c1-21-15(20)14-18-19(13-10-6-3-7-11-13)16(22-14)17-12-8-4-2-5-9-12/h2-11H,1H3. The summed E-state index contributed by atoms with van der Waals surface area (Å²) in [7, 11) is 1.34. The zero-order valence-electron chi connectivity index (χ0n) is 11.8. The van der Waals surface area contributed by atoms with E-state index in [-0.39, 0.29) is 5.01 Å². The largest absolute Gasteiger partial charge is 0.464 e. The average molecular weight is 311 g/mol. The van der Waals surface area contributed by atoms with Crippen LogP contribution in [0.5, 0.6) is 0 Å². The van der Waals surface area contributed by atoms with Crippen molar-refractivity contribution in [1.29, 1.82) is 0 Å². The summed E-state index contributed by atoms with van der Waals surface area (Å²) in [4.78, 5) is 16.9. The maximum atomic E-state index is 11.7. The fraction of sp³-hybridized carbons (Fsp3) is 0.0625. The second kappa shape index (κ2) is 6.36. The summed E-state index contributed by atoms with van der Waals surface area (Å²) in [5, 5.41) is 4.58. The maximum Gasteiger partial charge on any atom is 0.369 e. The maximum absolute atomic E-state index is 11.7. The molecule has 3 rings (SSSR count). The molecule has 5 nitrogen and oxygen atoms in total. The zero-order chi connectivity index (χ0) is 15.4. The van der Waals surface area contributed by atoms with Crippen LogP contribution in [0.4, 0.5) is 5.69 Å². The van der Waals surface area contributed by atoms with Crippen LogP contribution in [0.15, 0.2) is 65.7 Å². The second-order valence-corrected chi connectivity index (χ2v) is 5.33. The van der Waals surface area contributed by atoms with Crippen molar-refractivity contribution in [2.75, 3.05) is 7.11 Å². The Morgan fingerprint density at radius 3 is 2.36 bits per heavy atom. The van der Waals surface area contributed by atoms with Crippen LogP contribution in [-0.4, -0.2) is 22.9 Å². The number of ether oxygens (including phenoxy) is 1. The van der Waals surface area contributed by atoms with Gasteiger partial charge in [-0.25, -0.2) is 14.5 Å². The molecule has 22 heavy (non-hydrogen) atoms. The summed E-state index contributed by atoms with van der Waals surface area (Å²) < 4.78 is 6.39. The fourth-order valence-corrected chi connectivity index (χ4v) is 2.72. The lowest BCUT2D eigenvalue weighted by molar-refractivity contribution is 0.0599. The third kappa shape index (κ3) is 2.96. The van der Waals surface area contributed by atoms with E-state index >= 15 is 0 Å². The van der Waals surface area contributed by atoms with Crippen molar-refractivity contribution in [2.45, 2.75) is 0 Å². The highest BCUT2D eigenvalue weighted by Gasteiger charge is 2.14. The normalized spacial score (nSPS) is 11.4. The van der Waals surface area contributed by atoms with Crippen molar-refractivity contribution in [3.8, 4) is 5.69 Å². The van der Waals surface area contributed by atoms with Crippen LogP contribution in [0.1, 0.15) is 9.80 Å². The molecule has 0 unspecified atom stereocenters. The Hall–Kier alpha value is -2.73. The molecule has 0 bridgehead atoms. The molecule has 0 saturated carbocycles. The Bertz CT molecular complexity index is 839. The predicted molar refractivity (Wildman–Crippen MR) is 84.4 cm³/mol. The van der Waals surface area contributed by atoms with Gasteiger partial charge in [-0.15, -0.1) is 5.10 Å². The van der Waals surface area contributed by atoms with Crippen LogP contribution >= 0.6 is 11.3 Å². The first-order valence-corrected chi connectivity index (χ1v) is 7.43. The monoisotopic (exact) mass is 311 g/mol. The van der Waals surface area contributed by atoms with Gasteiger partial charge in [0.1, 0.15) is 0 Å². The number of nitrogens with zero attached hydrogens (tertiary/aromatic N) is 3. The molecule has 0 spiro atoms. The topological polar surface area (TPSA) is 56.5 Å². The first-order valence-electron chi connectivity index (χ1n) is 6.61. The third-order valence-corrected chi connectivity index (χ3v) is 3.79. The van der Waals surface area contributed by atoms with Gasteiger partial charge in [-0.3, -0.25) is 0 Å². The van der Waals surface area contributed by atoms with Crippen molar-refractivity contribution in [1.82, 2.24) is 9.78 Å². The summed E-state index contributed by atoms with van der Waals surface area (Å²) in [6.07, 6.45) is 0. The molecular weight excluding hydrogens is 298 g/mol. The Morgan fingerprint density at radius 1 is 1.09 bits per heavy atom. The molecule has 6 heteroatoms. The van der Waals surface area contributed by atoms with Gasteiger partial charge in [0.05, 0.1) is 18.5 Å². The summed E-state index contributed by atoms with van der Waals surface area (Å²) in [6, 6.07) is 19.1. The molecule has 0 aliphatic heterocycles. The summed E-state index contributed by atoms with van der Waals surface area (Å²) >= 11 is 1.19. The minimum atomic E-state index is -0.468. The van der Waals surface area contributed by atoms with Crippen molar-refractivity contribution in [2.24, 2.45) is 4.99 Å². The first kappa shape index (κ1) is 14.2. The molecule has 0 fully saturated rings. The number of methoxy groups -OCH3 is 1. The van der Waals surface area contributed by atoms with Crippen LogP contribution in [0, 0.1) is 0 Å². The van der Waals surface area contributed by atoms with Gasteiger partial charge in [-0.05, 0) is 24.3 Å². The minimum absolute atomic E-state index is 0.265. The lowest BCUT2D eigenvalue weighted by Gasteiger charge is -2.00. The number of hydrogen-bond acceptors (Lipinski definition) is 5. The molecule has 0 radical (unpaired) electrons. The predicted octanol–water partition coefficient (Wildman–Crippen LogP) is 2.95. The number of esters is 1. The van der Waals surface area contributed by atoms with E-state index < -0.39 is 5.97 Å². The van der Waals surface area contributed by atoms with E-state index in [2.05, 4.69) is 10.1 Å². The summed E-state index contributed by atoms with van der Waals surface area (Å²) in [5.74, 6) is -0.468. The summed E-state index contributed by atoms with van der Waals surface area (Å²) in [6.45, 7) is 0. The number of aromatic nitrogens is 2. The van der Waals surface area contributed by atoms with Gasteiger partial charge in [0.2, 0.25) is 9.81 Å². The van der Waals surface area contributed by atoms with Crippen LogP contribution < -0.4 is 4.80 Å². The highest BCUT2D eigenvalue weighted by molar-refractivity contribution is 7.10. The molecule has 0 saturated heterocycles. The molecule has 2 aromatic carbocycles. The number of para-hydroxylation sites is 2. The van der Waals surface area contributed by atoms with Crippen molar-refractivity contribution in [3.63, 3.8) is 0 Å². The number of carbonyl (C=O) groups is 1. The summed E-state index contributed by atoms with van der Waals surface area (Å²) in [5.41, 5.74) is 1.64. The van der Waals surface area contributed by atoms with Gasteiger partial charge in [0, 0.05) is 0 Å². The molecule has 1 aromatic heterocycles. The van der Waals surface area contributed by atoms with E-state index in [0.29, 0.717) is 4.80 Å². The molecule has 0 atom stereocenters. The van der Waals surface area contributed by atoms with E-state index in [1.165, 1.54) is 18.4 Å². The Kier molecular flexibility index (Phi) is 4.11. The third-order valence-electron chi connectivity index (χ3n) is 2.90. The lowest BCUT2D eigenvalue weighted by Crippen LogP contribution is -2.14. The van der Waals surface area contributed by atoms with Crippen LogP contribution in [-0.2, 0) is 4.74 Å². The number of rotatable bonds is 3. The first-order chi connectivity index (χ1) is 10.8. The molecule has 3 aromatic rings. The smallest absolute Gasteiger partial charge is 0.369 e. The Morgan fingerprint density at radius 2 is 1.73 bits per heavy atom. The SMILES string of the molecule is COC(=O)c1nn(-c2ccccc2)c(=Nc2ccccc2)s1. The molecule has 0 aliphatic rings. The van der Waals surface area contributed by atoms with E-state index in [4.69, 9.17) is 4.74 Å². The van der Waals surface area contributed by atoms with E-state index in [1.54, 1.807) is 4.68 Å². The molecular formula is C16H13N3O2S. The average Bonchev–Trinajstić information content (AvgIpc) is 3.00. The van der Waals surface area contributed by atoms with Crippen molar-refractivity contribution in [3.05, 3.63) is 70.5 Å². The van der Waals surface area contributed by atoms with E-state index in [1.807, 2.05) is 60.7 Å². The highest BCUT2D eigenvalue weighted by atomic mass is 32.1. The van der Waals surface area contributed by atoms with Crippen molar-refractivity contribution >= 4 is 23.0 Å². The molecule has 0 aliphatic carbocycles. The lowest BCUT2D eigenvalue weighted by atomic mass is 10.3. The fourth-order valence-electron chi connectivity index (χ4n) is 1.87. The van der Waals surface area contributed by atoms with Crippen molar-refractivity contribution < 1.29 is 9.53 Å². The van der Waals surface area contributed by atoms with Crippen LogP contribution in [0.25, 0.3) is 5.69 Å².